The molecule has 0 atom stereocenters. The van der Waals surface area contributed by atoms with Crippen LogP contribution in [0, 0.1) is 6.92 Å². The fourth-order valence-corrected chi connectivity index (χ4v) is 2.59. The first kappa shape index (κ1) is 14.4. The Bertz CT molecular complexity index is 386. The van der Waals surface area contributed by atoms with E-state index in [2.05, 4.69) is 40.1 Å². The number of nitrogens with zero attached hydrogens (tertiary/aromatic N) is 3. The van der Waals surface area contributed by atoms with Gasteiger partial charge in [0.05, 0.1) is 0 Å². The Hall–Kier alpha value is -1.00. The highest BCUT2D eigenvalue weighted by atomic mass is 15.2. The Morgan fingerprint density at radius 1 is 1.21 bits per heavy atom. The summed E-state index contributed by atoms with van der Waals surface area (Å²) in [7, 11) is 0. The average molecular weight is 262 g/mol. The van der Waals surface area contributed by atoms with Crippen molar-refractivity contribution in [2.24, 2.45) is 0 Å². The van der Waals surface area contributed by atoms with Gasteiger partial charge in [0, 0.05) is 44.0 Å². The summed E-state index contributed by atoms with van der Waals surface area (Å²) in [6.45, 7) is 10.0. The molecule has 0 aromatic carbocycles. The van der Waals surface area contributed by atoms with Crippen molar-refractivity contribution in [2.75, 3.05) is 32.7 Å². The molecule has 0 radical (unpaired) electrons. The average Bonchev–Trinajstić information content (AvgIpc) is 2.40. The van der Waals surface area contributed by atoms with Crippen LogP contribution in [0.4, 0.5) is 0 Å². The smallest absolute Gasteiger partial charge is 0.128 e. The molecule has 0 spiro atoms. The normalized spacial score (nSPS) is 16.7. The molecule has 1 aliphatic heterocycles. The van der Waals surface area contributed by atoms with E-state index in [9.17, 15) is 0 Å². The van der Waals surface area contributed by atoms with Crippen LogP contribution in [0.2, 0.25) is 0 Å². The third kappa shape index (κ3) is 4.88. The Kier molecular flexibility index (Phi) is 5.73. The Morgan fingerprint density at radius 2 is 2.00 bits per heavy atom. The number of rotatable bonds is 6. The van der Waals surface area contributed by atoms with Gasteiger partial charge in [-0.15, -0.1) is 0 Å². The third-order valence-corrected chi connectivity index (χ3v) is 3.54. The molecule has 0 bridgehead atoms. The van der Waals surface area contributed by atoms with Crippen molar-refractivity contribution < 1.29 is 0 Å². The van der Waals surface area contributed by atoms with Crippen LogP contribution in [0.3, 0.4) is 0 Å². The van der Waals surface area contributed by atoms with Gasteiger partial charge in [-0.2, -0.15) is 0 Å². The van der Waals surface area contributed by atoms with E-state index in [0.717, 1.165) is 50.3 Å². The quantitative estimate of drug-likeness (QED) is 0.845. The van der Waals surface area contributed by atoms with Gasteiger partial charge in [-0.1, -0.05) is 13.3 Å². The minimum absolute atomic E-state index is 1.00. The molecule has 19 heavy (non-hydrogen) atoms. The van der Waals surface area contributed by atoms with E-state index in [4.69, 9.17) is 0 Å². The number of hydrogen-bond acceptors (Lipinski definition) is 4. The molecular formula is C15H26N4. The summed E-state index contributed by atoms with van der Waals surface area (Å²) in [6, 6.07) is 2.11. The molecule has 0 amide bonds. The molecule has 4 nitrogen and oxygen atoms in total. The molecule has 1 saturated heterocycles. The summed E-state index contributed by atoms with van der Waals surface area (Å²) in [5, 5.41) is 3.39. The minimum Gasteiger partial charge on any atom is -0.314 e. The molecule has 1 N–H and O–H groups in total. The molecular weight excluding hydrogens is 236 g/mol. The molecule has 2 heterocycles. The molecule has 0 saturated carbocycles. The maximum atomic E-state index is 4.66. The van der Waals surface area contributed by atoms with Gasteiger partial charge in [0.15, 0.2) is 0 Å². The molecule has 0 aliphatic carbocycles. The second-order valence-electron chi connectivity index (χ2n) is 5.36. The third-order valence-electron chi connectivity index (χ3n) is 3.54. The molecule has 2 rings (SSSR count). The Labute approximate surface area is 116 Å². The maximum Gasteiger partial charge on any atom is 0.128 e. The van der Waals surface area contributed by atoms with E-state index in [1.165, 1.54) is 25.3 Å². The summed E-state index contributed by atoms with van der Waals surface area (Å²) in [5.74, 6) is 1.03. The van der Waals surface area contributed by atoms with Crippen molar-refractivity contribution >= 4 is 0 Å². The van der Waals surface area contributed by atoms with Crippen LogP contribution in [0.25, 0.3) is 0 Å². The topological polar surface area (TPSA) is 41.1 Å². The fourth-order valence-electron chi connectivity index (χ4n) is 2.59. The summed E-state index contributed by atoms with van der Waals surface area (Å²) in [6.07, 6.45) is 4.38. The van der Waals surface area contributed by atoms with E-state index in [1.807, 2.05) is 0 Å². The number of piperazine rings is 1. The number of nitrogens with one attached hydrogen (secondary N) is 1. The van der Waals surface area contributed by atoms with Crippen LogP contribution in [0.5, 0.6) is 0 Å². The number of aryl methyl sites for hydroxylation is 3. The van der Waals surface area contributed by atoms with Gasteiger partial charge in [-0.3, -0.25) is 0 Å². The first-order chi connectivity index (χ1) is 9.28. The summed E-state index contributed by atoms with van der Waals surface area (Å²) in [5.41, 5.74) is 2.31. The lowest BCUT2D eigenvalue weighted by atomic mass is 10.2. The monoisotopic (exact) mass is 262 g/mol. The molecule has 4 heteroatoms. The Morgan fingerprint density at radius 3 is 2.74 bits per heavy atom. The second-order valence-corrected chi connectivity index (χ2v) is 5.36. The van der Waals surface area contributed by atoms with Crippen molar-refractivity contribution in [3.05, 3.63) is 23.3 Å². The van der Waals surface area contributed by atoms with Gasteiger partial charge in [-0.05, 0) is 32.4 Å². The number of aromatic nitrogens is 2. The van der Waals surface area contributed by atoms with Crippen LogP contribution < -0.4 is 5.32 Å². The van der Waals surface area contributed by atoms with Crippen LogP contribution in [0.1, 0.15) is 37.0 Å². The van der Waals surface area contributed by atoms with E-state index in [0.29, 0.717) is 0 Å². The lowest BCUT2D eigenvalue weighted by molar-refractivity contribution is 0.238. The molecule has 1 aromatic rings. The zero-order chi connectivity index (χ0) is 13.5. The lowest BCUT2D eigenvalue weighted by Crippen LogP contribution is -2.43. The van der Waals surface area contributed by atoms with Crippen LogP contribution in [-0.2, 0) is 12.8 Å². The minimum atomic E-state index is 1.00. The van der Waals surface area contributed by atoms with Crippen molar-refractivity contribution in [3.8, 4) is 0 Å². The van der Waals surface area contributed by atoms with Crippen molar-refractivity contribution in [1.82, 2.24) is 20.2 Å². The largest absolute Gasteiger partial charge is 0.314 e. The summed E-state index contributed by atoms with van der Waals surface area (Å²) >= 11 is 0. The fraction of sp³-hybridized carbons (Fsp3) is 0.733. The molecule has 1 aliphatic rings. The van der Waals surface area contributed by atoms with Gasteiger partial charge < -0.3 is 10.2 Å². The zero-order valence-corrected chi connectivity index (χ0v) is 12.3. The zero-order valence-electron chi connectivity index (χ0n) is 12.3. The molecule has 106 valence electrons. The second kappa shape index (κ2) is 7.56. The highest BCUT2D eigenvalue weighted by molar-refractivity contribution is 5.10. The first-order valence-corrected chi connectivity index (χ1v) is 7.54. The predicted molar refractivity (Wildman–Crippen MR) is 78.4 cm³/mol. The van der Waals surface area contributed by atoms with E-state index in [1.54, 1.807) is 0 Å². The van der Waals surface area contributed by atoms with E-state index in [-0.39, 0.29) is 0 Å². The first-order valence-electron chi connectivity index (χ1n) is 7.54. The van der Waals surface area contributed by atoms with Crippen LogP contribution in [-0.4, -0.2) is 47.6 Å². The van der Waals surface area contributed by atoms with E-state index < -0.39 is 0 Å². The summed E-state index contributed by atoms with van der Waals surface area (Å²) in [4.78, 5) is 11.7. The molecule has 1 aromatic heterocycles. The highest BCUT2D eigenvalue weighted by Gasteiger charge is 2.09. The highest BCUT2D eigenvalue weighted by Crippen LogP contribution is 2.06. The van der Waals surface area contributed by atoms with Gasteiger partial charge in [-0.25, -0.2) is 9.97 Å². The van der Waals surface area contributed by atoms with Crippen LogP contribution in [0.15, 0.2) is 6.07 Å². The van der Waals surface area contributed by atoms with Crippen molar-refractivity contribution in [3.63, 3.8) is 0 Å². The summed E-state index contributed by atoms with van der Waals surface area (Å²) < 4.78 is 0. The SMILES string of the molecule is CCCc1cc(C)nc(CCCN2CCNCC2)n1. The van der Waals surface area contributed by atoms with Gasteiger partial charge in [0.25, 0.3) is 0 Å². The van der Waals surface area contributed by atoms with Gasteiger partial charge in [0.1, 0.15) is 5.82 Å². The molecule has 1 fully saturated rings. The maximum absolute atomic E-state index is 4.66. The standard InChI is InChI=1S/C15H26N4/c1-3-5-14-12-13(2)17-15(18-14)6-4-9-19-10-7-16-8-11-19/h12,16H,3-11H2,1-2H3. The molecule has 0 unspecified atom stereocenters. The van der Waals surface area contributed by atoms with Crippen molar-refractivity contribution in [2.45, 2.75) is 39.5 Å². The van der Waals surface area contributed by atoms with Gasteiger partial charge in [0.2, 0.25) is 0 Å². The van der Waals surface area contributed by atoms with Crippen LogP contribution >= 0.6 is 0 Å². The Balaban J connectivity index is 1.81. The van der Waals surface area contributed by atoms with Gasteiger partial charge >= 0.3 is 0 Å². The lowest BCUT2D eigenvalue weighted by Gasteiger charge is -2.26. The number of hydrogen-bond donors (Lipinski definition) is 1. The predicted octanol–water partition coefficient (Wildman–Crippen LogP) is 1.58. The van der Waals surface area contributed by atoms with Crippen molar-refractivity contribution in [1.29, 1.82) is 0 Å². The van der Waals surface area contributed by atoms with E-state index >= 15 is 0 Å².